The quantitative estimate of drug-likeness (QED) is 0.716. The summed E-state index contributed by atoms with van der Waals surface area (Å²) in [5.41, 5.74) is 0.992. The van der Waals surface area contributed by atoms with Gasteiger partial charge in [-0.25, -0.2) is 0 Å². The summed E-state index contributed by atoms with van der Waals surface area (Å²) < 4.78 is 0. The summed E-state index contributed by atoms with van der Waals surface area (Å²) >= 11 is 0. The number of amides is 2. The second kappa shape index (κ2) is 9.20. The number of hydrogen-bond donors (Lipinski definition) is 2. The van der Waals surface area contributed by atoms with Gasteiger partial charge in [0.1, 0.15) is 6.04 Å². The maximum atomic E-state index is 12.4. The minimum absolute atomic E-state index is 0.0350. The summed E-state index contributed by atoms with van der Waals surface area (Å²) in [5, 5.41) is 11.5. The lowest BCUT2D eigenvalue weighted by Gasteiger charge is -2.30. The molecular weight excluding hydrogens is 280 g/mol. The Morgan fingerprint density at radius 2 is 1.82 bits per heavy atom. The average molecular weight is 306 g/mol. The highest BCUT2D eigenvalue weighted by molar-refractivity contribution is 5.88. The Labute approximate surface area is 132 Å². The molecule has 5 nitrogen and oxygen atoms in total. The van der Waals surface area contributed by atoms with E-state index in [-0.39, 0.29) is 24.3 Å². The van der Waals surface area contributed by atoms with Crippen molar-refractivity contribution < 1.29 is 14.7 Å². The van der Waals surface area contributed by atoms with E-state index in [1.165, 1.54) is 0 Å². The van der Waals surface area contributed by atoms with Crippen LogP contribution < -0.4 is 5.32 Å². The van der Waals surface area contributed by atoms with Crippen molar-refractivity contribution in [1.82, 2.24) is 10.2 Å². The van der Waals surface area contributed by atoms with E-state index in [4.69, 9.17) is 5.11 Å². The molecule has 0 bridgehead atoms. The number of rotatable bonds is 8. The number of nitrogens with zero attached hydrogens (tertiary/aromatic N) is 1. The van der Waals surface area contributed by atoms with Gasteiger partial charge in [0.05, 0.1) is 0 Å². The van der Waals surface area contributed by atoms with Crippen LogP contribution in [-0.4, -0.2) is 41.0 Å². The van der Waals surface area contributed by atoms with Crippen molar-refractivity contribution >= 4 is 11.8 Å². The lowest BCUT2D eigenvalue weighted by atomic mass is 10.1. The molecule has 1 aromatic carbocycles. The highest BCUT2D eigenvalue weighted by atomic mass is 16.3. The van der Waals surface area contributed by atoms with Crippen LogP contribution in [0.15, 0.2) is 30.3 Å². The van der Waals surface area contributed by atoms with Crippen LogP contribution in [0.3, 0.4) is 0 Å². The molecule has 0 saturated carbocycles. The van der Waals surface area contributed by atoms with Gasteiger partial charge in [-0.1, -0.05) is 44.2 Å². The van der Waals surface area contributed by atoms with E-state index in [0.29, 0.717) is 19.5 Å². The van der Waals surface area contributed by atoms with Crippen molar-refractivity contribution in [1.29, 1.82) is 0 Å². The zero-order valence-corrected chi connectivity index (χ0v) is 13.6. The van der Waals surface area contributed by atoms with Crippen LogP contribution in [-0.2, 0) is 16.1 Å². The monoisotopic (exact) mass is 306 g/mol. The maximum absolute atomic E-state index is 12.4. The van der Waals surface area contributed by atoms with E-state index < -0.39 is 6.04 Å². The van der Waals surface area contributed by atoms with Crippen molar-refractivity contribution in [3.8, 4) is 0 Å². The molecule has 5 heteroatoms. The van der Waals surface area contributed by atoms with Gasteiger partial charge in [0.2, 0.25) is 11.8 Å². The van der Waals surface area contributed by atoms with E-state index in [0.717, 1.165) is 5.56 Å². The Morgan fingerprint density at radius 3 is 2.36 bits per heavy atom. The molecule has 0 aliphatic heterocycles. The Bertz CT molecular complexity index is 474. The minimum atomic E-state index is -0.547. The summed E-state index contributed by atoms with van der Waals surface area (Å²) in [6.07, 6.45) is 0.509. The highest BCUT2D eigenvalue weighted by Crippen LogP contribution is 2.13. The Hall–Kier alpha value is -1.88. The molecule has 0 heterocycles. The molecule has 0 radical (unpaired) electrons. The van der Waals surface area contributed by atoms with Gasteiger partial charge in [0.15, 0.2) is 0 Å². The van der Waals surface area contributed by atoms with Gasteiger partial charge in [-0.05, 0) is 18.9 Å². The Balaban J connectivity index is 2.80. The van der Waals surface area contributed by atoms with Crippen molar-refractivity contribution in [2.45, 2.75) is 39.8 Å². The standard InChI is InChI=1S/C17H26N2O3/c1-13(2)17(22)19(12-15-8-5-4-6-9-15)14(3)16(21)18-10-7-11-20/h4-6,8-9,13-14,20H,7,10-12H2,1-3H3,(H,18,21)/t14-/m1/s1. The van der Waals surface area contributed by atoms with E-state index in [2.05, 4.69) is 5.32 Å². The normalized spacial score (nSPS) is 12.0. The van der Waals surface area contributed by atoms with Crippen molar-refractivity contribution in [2.75, 3.05) is 13.2 Å². The van der Waals surface area contributed by atoms with Gasteiger partial charge in [-0.3, -0.25) is 9.59 Å². The van der Waals surface area contributed by atoms with Crippen LogP contribution in [0.1, 0.15) is 32.8 Å². The lowest BCUT2D eigenvalue weighted by molar-refractivity contribution is -0.143. The zero-order valence-electron chi connectivity index (χ0n) is 13.6. The first-order valence-corrected chi connectivity index (χ1v) is 7.70. The predicted octanol–water partition coefficient (Wildman–Crippen LogP) is 1.56. The van der Waals surface area contributed by atoms with Crippen LogP contribution >= 0.6 is 0 Å². The third-order valence-electron chi connectivity index (χ3n) is 3.45. The summed E-state index contributed by atoms with van der Waals surface area (Å²) in [6, 6.07) is 9.09. The molecule has 22 heavy (non-hydrogen) atoms. The summed E-state index contributed by atoms with van der Waals surface area (Å²) in [7, 11) is 0. The van der Waals surface area contributed by atoms with Crippen molar-refractivity contribution in [3.05, 3.63) is 35.9 Å². The molecule has 0 aliphatic carbocycles. The van der Waals surface area contributed by atoms with E-state index >= 15 is 0 Å². The first-order valence-electron chi connectivity index (χ1n) is 7.70. The molecule has 2 amide bonds. The molecule has 1 atom stereocenters. The molecule has 0 aliphatic rings. The summed E-state index contributed by atoms with van der Waals surface area (Å²) in [4.78, 5) is 26.2. The third kappa shape index (κ3) is 5.48. The second-order valence-electron chi connectivity index (χ2n) is 5.65. The number of nitrogens with one attached hydrogen (secondary N) is 1. The number of carbonyl (C=O) groups is 2. The average Bonchev–Trinajstić information content (AvgIpc) is 2.52. The van der Waals surface area contributed by atoms with E-state index in [9.17, 15) is 9.59 Å². The van der Waals surface area contributed by atoms with Gasteiger partial charge in [0.25, 0.3) is 0 Å². The molecule has 122 valence electrons. The first kappa shape index (κ1) is 18.2. The molecule has 0 saturated heterocycles. The van der Waals surface area contributed by atoms with E-state index in [1.54, 1.807) is 11.8 Å². The fraction of sp³-hybridized carbons (Fsp3) is 0.529. The fourth-order valence-electron chi connectivity index (χ4n) is 2.10. The molecular formula is C17H26N2O3. The van der Waals surface area contributed by atoms with Crippen LogP contribution in [0.5, 0.6) is 0 Å². The van der Waals surface area contributed by atoms with Crippen molar-refractivity contribution in [2.24, 2.45) is 5.92 Å². The smallest absolute Gasteiger partial charge is 0.242 e. The molecule has 0 fully saturated rings. The molecule has 0 unspecified atom stereocenters. The Morgan fingerprint density at radius 1 is 1.18 bits per heavy atom. The highest BCUT2D eigenvalue weighted by Gasteiger charge is 2.27. The Kier molecular flexibility index (Phi) is 7.60. The van der Waals surface area contributed by atoms with Crippen LogP contribution in [0, 0.1) is 5.92 Å². The molecule has 0 aromatic heterocycles. The van der Waals surface area contributed by atoms with Crippen molar-refractivity contribution in [3.63, 3.8) is 0 Å². The lowest BCUT2D eigenvalue weighted by Crippen LogP contribution is -2.49. The van der Waals surface area contributed by atoms with E-state index in [1.807, 2.05) is 44.2 Å². The second-order valence-corrected chi connectivity index (χ2v) is 5.65. The number of carbonyl (C=O) groups excluding carboxylic acids is 2. The van der Waals surface area contributed by atoms with Gasteiger partial charge in [-0.15, -0.1) is 0 Å². The minimum Gasteiger partial charge on any atom is -0.396 e. The largest absolute Gasteiger partial charge is 0.396 e. The third-order valence-corrected chi connectivity index (χ3v) is 3.45. The zero-order chi connectivity index (χ0) is 16.5. The van der Waals surface area contributed by atoms with Gasteiger partial charge >= 0.3 is 0 Å². The number of aliphatic hydroxyl groups excluding tert-OH is 1. The molecule has 2 N–H and O–H groups in total. The number of hydrogen-bond acceptors (Lipinski definition) is 3. The van der Waals surface area contributed by atoms with Crippen LogP contribution in [0.2, 0.25) is 0 Å². The molecule has 0 spiro atoms. The summed E-state index contributed by atoms with van der Waals surface area (Å²) in [5.74, 6) is -0.413. The SMILES string of the molecule is CC(C)C(=O)N(Cc1ccccc1)[C@H](C)C(=O)NCCCO. The fourth-order valence-corrected chi connectivity index (χ4v) is 2.10. The molecule has 1 aromatic rings. The van der Waals surface area contributed by atoms with Crippen LogP contribution in [0.25, 0.3) is 0 Å². The number of benzene rings is 1. The first-order chi connectivity index (χ1) is 10.5. The maximum Gasteiger partial charge on any atom is 0.242 e. The van der Waals surface area contributed by atoms with Crippen LogP contribution in [0.4, 0.5) is 0 Å². The van der Waals surface area contributed by atoms with Gasteiger partial charge in [0, 0.05) is 25.6 Å². The van der Waals surface area contributed by atoms with Gasteiger partial charge < -0.3 is 15.3 Å². The number of aliphatic hydroxyl groups is 1. The predicted molar refractivity (Wildman–Crippen MR) is 86.0 cm³/mol. The topological polar surface area (TPSA) is 69.6 Å². The summed E-state index contributed by atoms with van der Waals surface area (Å²) in [6.45, 7) is 6.25. The molecule has 1 rings (SSSR count). The van der Waals surface area contributed by atoms with Gasteiger partial charge in [-0.2, -0.15) is 0 Å².